The van der Waals surface area contributed by atoms with Crippen molar-refractivity contribution in [1.29, 1.82) is 0 Å². The Hall–Kier alpha value is -0.995. The fourth-order valence-corrected chi connectivity index (χ4v) is 0.325. The van der Waals surface area contributed by atoms with Crippen molar-refractivity contribution < 1.29 is 4.52 Å². The Labute approximate surface area is 46.5 Å². The molecular weight excluding hydrogens is 107 g/mol. The molecule has 0 bridgehead atoms. The zero-order valence-electron chi connectivity index (χ0n) is 4.29. The molecule has 1 rings (SSSR count). The monoisotopic (exact) mass is 110 g/mol. The molecule has 0 saturated heterocycles. The highest BCUT2D eigenvalue weighted by molar-refractivity contribution is 6.06. The van der Waals surface area contributed by atoms with Gasteiger partial charge < -0.3 is 4.48 Å². The largest absolute Gasteiger partial charge is 0.428 e. The summed E-state index contributed by atoms with van der Waals surface area (Å²) < 4.78 is 4.96. The molecule has 4 nitrogen and oxygen atoms in total. The van der Waals surface area contributed by atoms with Crippen LogP contribution in [0.3, 0.4) is 0 Å². The first-order chi connectivity index (χ1) is 3.72. The summed E-state index contributed by atoms with van der Waals surface area (Å²) in [6.07, 6.45) is 0. The van der Waals surface area contributed by atoms with Crippen molar-refractivity contribution in [2.24, 2.45) is 0 Å². The Bertz CT molecular complexity index is 238. The van der Waals surface area contributed by atoms with Crippen LogP contribution in [0.5, 0.6) is 0 Å². The van der Waals surface area contributed by atoms with E-state index in [0.717, 1.165) is 4.48 Å². The molecule has 0 unspecified atom stereocenters. The molecule has 40 valence electrons. The Kier molecular flexibility index (Phi) is 0.967. The van der Waals surface area contributed by atoms with Gasteiger partial charge in [0.05, 0.1) is 0 Å². The predicted octanol–water partition coefficient (Wildman–Crippen LogP) is -0.924. The Morgan fingerprint density at radius 3 is 2.62 bits per heavy atom. The average molecular weight is 110 g/mol. The van der Waals surface area contributed by atoms with Crippen LogP contribution in [0.15, 0.2) is 9.32 Å². The fraction of sp³-hybridized carbons (Fsp3) is 0.333. The number of aryl methyl sites for hydroxylation is 1. The smallest absolute Gasteiger partial charge is 0.319 e. The molecule has 8 heavy (non-hydrogen) atoms. The fourth-order valence-electron chi connectivity index (χ4n) is 0.325. The van der Waals surface area contributed by atoms with Gasteiger partial charge in [0, 0.05) is 0 Å². The molecule has 0 atom stereocenters. The van der Waals surface area contributed by atoms with Gasteiger partial charge in [-0.1, -0.05) is 5.16 Å². The van der Waals surface area contributed by atoms with E-state index >= 15 is 0 Å². The first-order valence-electron chi connectivity index (χ1n) is 2.02. The van der Waals surface area contributed by atoms with Crippen molar-refractivity contribution in [3.05, 3.63) is 16.4 Å². The minimum absolute atomic E-state index is 0.370. The third-order valence-electron chi connectivity index (χ3n) is 0.801. The van der Waals surface area contributed by atoms with Gasteiger partial charge in [0.1, 0.15) is 5.82 Å². The average Bonchev–Trinajstić information content (AvgIpc) is 1.98. The minimum Gasteiger partial charge on any atom is -0.319 e. The number of hydrogen-bond acceptors (Lipinski definition) is 3. The van der Waals surface area contributed by atoms with Crippen molar-refractivity contribution in [2.45, 2.75) is 6.92 Å². The molecule has 0 spiro atoms. The first kappa shape index (κ1) is 5.15. The van der Waals surface area contributed by atoms with Crippen LogP contribution in [-0.4, -0.2) is 17.6 Å². The van der Waals surface area contributed by atoms with Crippen LogP contribution in [-0.2, 0) is 0 Å². The Balaban J connectivity index is 3.41. The quantitative estimate of drug-likeness (QED) is 0.405. The molecule has 2 radical (unpaired) electrons. The second-order valence-corrected chi connectivity index (χ2v) is 1.37. The summed E-state index contributed by atoms with van der Waals surface area (Å²) >= 11 is 0. The van der Waals surface area contributed by atoms with E-state index in [1.165, 1.54) is 0 Å². The van der Waals surface area contributed by atoms with Gasteiger partial charge in [-0.05, 0) is 6.92 Å². The van der Waals surface area contributed by atoms with Crippen molar-refractivity contribution in [3.63, 3.8) is 0 Å². The number of hydrogen-bond donors (Lipinski definition) is 0. The third kappa shape index (κ3) is 0.557. The van der Waals surface area contributed by atoms with Crippen LogP contribution in [0.4, 0.5) is 0 Å². The second-order valence-electron chi connectivity index (χ2n) is 1.37. The van der Waals surface area contributed by atoms with Gasteiger partial charge in [0.2, 0.25) is 7.98 Å². The van der Waals surface area contributed by atoms with Gasteiger partial charge in [-0.15, -0.1) is 0 Å². The van der Waals surface area contributed by atoms with Crippen LogP contribution in [0.2, 0.25) is 0 Å². The summed E-state index contributed by atoms with van der Waals surface area (Å²) in [7, 11) is 5.05. The van der Waals surface area contributed by atoms with Crippen molar-refractivity contribution in [2.75, 3.05) is 0 Å². The summed E-state index contributed by atoms with van der Waals surface area (Å²) in [6.45, 7) is 1.57. The summed E-state index contributed by atoms with van der Waals surface area (Å²) in [4.78, 5) is 10.2. The van der Waals surface area contributed by atoms with Gasteiger partial charge in [-0.3, -0.25) is 4.52 Å². The van der Waals surface area contributed by atoms with E-state index in [1.807, 2.05) is 0 Å². The Morgan fingerprint density at radius 1 is 1.88 bits per heavy atom. The van der Waals surface area contributed by atoms with Crippen LogP contribution in [0.1, 0.15) is 5.82 Å². The summed E-state index contributed by atoms with van der Waals surface area (Å²) in [5.74, 6) is -0.266. The van der Waals surface area contributed by atoms with Crippen LogP contribution in [0.25, 0.3) is 0 Å². The van der Waals surface area contributed by atoms with E-state index in [4.69, 9.17) is 7.98 Å². The highest BCUT2D eigenvalue weighted by atomic mass is 16.5. The second kappa shape index (κ2) is 1.50. The molecule has 0 saturated carbocycles. The highest BCUT2D eigenvalue weighted by Crippen LogP contribution is 1.79. The molecule has 1 heterocycles. The zero-order valence-corrected chi connectivity index (χ0v) is 4.29. The molecule has 0 amide bonds. The van der Waals surface area contributed by atoms with E-state index in [2.05, 4.69) is 9.68 Å². The highest BCUT2D eigenvalue weighted by Gasteiger charge is 1.96. The van der Waals surface area contributed by atoms with Gasteiger partial charge >= 0.3 is 5.76 Å². The molecular formula is C3H3BN2O2. The van der Waals surface area contributed by atoms with Gasteiger partial charge in [0.15, 0.2) is 0 Å². The molecule has 5 heteroatoms. The van der Waals surface area contributed by atoms with Crippen molar-refractivity contribution in [1.82, 2.24) is 9.63 Å². The SMILES string of the molecule is [B]n1c(C)noc1=O. The van der Waals surface area contributed by atoms with Crippen molar-refractivity contribution >= 4 is 7.98 Å². The maximum Gasteiger partial charge on any atom is 0.428 e. The summed E-state index contributed by atoms with van der Waals surface area (Å²) in [5, 5.41) is 3.27. The van der Waals surface area contributed by atoms with E-state index < -0.39 is 5.76 Å². The molecule has 1 aromatic rings. The predicted molar refractivity (Wildman–Crippen MR) is 26.7 cm³/mol. The number of aromatic nitrogens is 2. The van der Waals surface area contributed by atoms with Crippen LogP contribution in [0, 0.1) is 6.92 Å². The lowest BCUT2D eigenvalue weighted by Gasteiger charge is -1.81. The Morgan fingerprint density at radius 2 is 2.50 bits per heavy atom. The molecule has 0 aliphatic carbocycles. The lowest BCUT2D eigenvalue weighted by atomic mass is 10.4. The van der Waals surface area contributed by atoms with E-state index in [1.54, 1.807) is 6.92 Å². The molecule has 0 aromatic carbocycles. The van der Waals surface area contributed by atoms with E-state index in [-0.39, 0.29) is 0 Å². The van der Waals surface area contributed by atoms with Gasteiger partial charge in [0.25, 0.3) is 0 Å². The first-order valence-corrected chi connectivity index (χ1v) is 2.02. The maximum atomic E-state index is 10.2. The summed E-state index contributed by atoms with van der Waals surface area (Å²) in [5.41, 5.74) is 0. The number of rotatable bonds is 0. The zero-order chi connectivity index (χ0) is 6.15. The third-order valence-corrected chi connectivity index (χ3v) is 0.801. The topological polar surface area (TPSA) is 48.0 Å². The normalized spacial score (nSPS) is 9.62. The molecule has 0 aliphatic rings. The maximum absolute atomic E-state index is 10.2. The minimum atomic E-state index is -0.637. The molecule has 0 aliphatic heterocycles. The lowest BCUT2D eigenvalue weighted by molar-refractivity contribution is 0.381. The van der Waals surface area contributed by atoms with Crippen LogP contribution < -0.4 is 5.76 Å². The van der Waals surface area contributed by atoms with Crippen molar-refractivity contribution in [3.8, 4) is 0 Å². The van der Waals surface area contributed by atoms with E-state index in [0.29, 0.717) is 5.82 Å². The standard InChI is InChI=1S/C3H3BN2O2/c1-2-5-8-3(7)6(2)4/h1H3. The molecule has 0 fully saturated rings. The van der Waals surface area contributed by atoms with Gasteiger partial charge in [-0.25, -0.2) is 4.79 Å². The number of nitrogens with zero attached hydrogens (tertiary/aromatic N) is 2. The summed E-state index contributed by atoms with van der Waals surface area (Å²) in [6, 6.07) is 0. The molecule has 1 aromatic heterocycles. The lowest BCUT2D eigenvalue weighted by Crippen LogP contribution is -2.12. The van der Waals surface area contributed by atoms with Gasteiger partial charge in [-0.2, -0.15) is 0 Å². The van der Waals surface area contributed by atoms with Crippen LogP contribution >= 0.6 is 0 Å². The molecule has 0 N–H and O–H groups in total. The van der Waals surface area contributed by atoms with E-state index in [9.17, 15) is 4.79 Å².